The summed E-state index contributed by atoms with van der Waals surface area (Å²) in [6.45, 7) is 14.0. The fourth-order valence-electron chi connectivity index (χ4n) is 10.7. The maximum atomic E-state index is 13.0. The van der Waals surface area contributed by atoms with E-state index in [0.717, 1.165) is 108 Å². The number of rotatable bonds is 68. The van der Waals surface area contributed by atoms with Crippen molar-refractivity contribution in [1.29, 1.82) is 0 Å². The number of carbonyl (C=O) groups is 4. The number of hydrogen-bond acceptors (Lipinski definition) is 15. The molecule has 534 valence electrons. The van der Waals surface area contributed by atoms with Gasteiger partial charge in [0.1, 0.15) is 19.3 Å². The van der Waals surface area contributed by atoms with E-state index in [1.54, 1.807) is 0 Å². The number of ether oxygens (including phenoxy) is 4. The van der Waals surface area contributed by atoms with Gasteiger partial charge in [0.15, 0.2) is 12.2 Å². The quantitative estimate of drug-likeness (QED) is 0.0222. The van der Waals surface area contributed by atoms with Crippen LogP contribution < -0.4 is 0 Å². The van der Waals surface area contributed by atoms with Crippen molar-refractivity contribution in [2.45, 2.75) is 369 Å². The molecule has 0 amide bonds. The van der Waals surface area contributed by atoms with Crippen LogP contribution in [0.3, 0.4) is 0 Å². The van der Waals surface area contributed by atoms with Crippen LogP contribution >= 0.6 is 15.6 Å². The Hall–Kier alpha value is -1.94. The van der Waals surface area contributed by atoms with Crippen molar-refractivity contribution < 1.29 is 80.2 Å². The lowest BCUT2D eigenvalue weighted by atomic mass is 10.0. The number of unbranched alkanes of at least 4 members (excludes halogenated alkanes) is 34. The second-order valence-corrected chi connectivity index (χ2v) is 30.4. The van der Waals surface area contributed by atoms with E-state index in [2.05, 4.69) is 55.4 Å². The van der Waals surface area contributed by atoms with E-state index in [9.17, 15) is 43.2 Å². The summed E-state index contributed by atoms with van der Waals surface area (Å²) in [6.07, 6.45) is 43.4. The predicted molar refractivity (Wildman–Crippen MR) is 363 cm³/mol. The molecular weight excluding hydrogens is 1190 g/mol. The minimum absolute atomic E-state index is 0.101. The van der Waals surface area contributed by atoms with E-state index in [1.807, 2.05) is 0 Å². The molecule has 0 aromatic rings. The van der Waals surface area contributed by atoms with Gasteiger partial charge in [0.25, 0.3) is 0 Å². The van der Waals surface area contributed by atoms with Gasteiger partial charge in [0.2, 0.25) is 0 Å². The third-order valence-corrected chi connectivity index (χ3v) is 18.2. The molecule has 0 aliphatic carbocycles. The van der Waals surface area contributed by atoms with Crippen molar-refractivity contribution in [3.05, 3.63) is 0 Å². The maximum Gasteiger partial charge on any atom is 0.472 e. The summed E-state index contributed by atoms with van der Waals surface area (Å²) in [5.74, 6) is 0.794. The Bertz CT molecular complexity index is 1780. The van der Waals surface area contributed by atoms with Gasteiger partial charge < -0.3 is 33.8 Å². The monoisotopic (exact) mass is 1320 g/mol. The third kappa shape index (κ3) is 64.8. The SMILES string of the molecule is CC(C)CCCCCCCCCCCCCCCCCCC(=O)O[C@H](COC(=O)CCCCCCCCCC(C)C)COP(=O)(O)OCC(O)COP(=O)(O)OC[C@@H](COC(=O)CCCCCCCCCCCC(C)C)OC(=O)CCCCCCCCC(C)C. The number of carbonyl (C=O) groups excluding carboxylic acids is 4. The second kappa shape index (κ2) is 60.7. The number of phosphoric acid groups is 2. The summed E-state index contributed by atoms with van der Waals surface area (Å²) in [5, 5.41) is 10.6. The summed E-state index contributed by atoms with van der Waals surface area (Å²) in [6, 6.07) is 0. The zero-order valence-corrected chi connectivity index (χ0v) is 60.6. The summed E-state index contributed by atoms with van der Waals surface area (Å²) in [4.78, 5) is 72.5. The van der Waals surface area contributed by atoms with Crippen LogP contribution in [0.1, 0.15) is 351 Å². The minimum Gasteiger partial charge on any atom is -0.462 e. The average molecular weight is 1330 g/mol. The Morgan fingerprint density at radius 2 is 0.467 bits per heavy atom. The number of esters is 4. The largest absolute Gasteiger partial charge is 0.472 e. The van der Waals surface area contributed by atoms with Crippen LogP contribution in [0.25, 0.3) is 0 Å². The lowest BCUT2D eigenvalue weighted by molar-refractivity contribution is -0.161. The van der Waals surface area contributed by atoms with Crippen molar-refractivity contribution in [1.82, 2.24) is 0 Å². The first-order chi connectivity index (χ1) is 43.1. The van der Waals surface area contributed by atoms with E-state index >= 15 is 0 Å². The third-order valence-electron chi connectivity index (χ3n) is 16.3. The van der Waals surface area contributed by atoms with Crippen LogP contribution in [0, 0.1) is 23.7 Å². The zero-order valence-electron chi connectivity index (χ0n) is 58.8. The molecule has 5 atom stereocenters. The molecule has 0 radical (unpaired) electrons. The van der Waals surface area contributed by atoms with E-state index in [-0.39, 0.29) is 25.7 Å². The molecule has 0 aliphatic heterocycles. The van der Waals surface area contributed by atoms with Gasteiger partial charge in [-0.25, -0.2) is 9.13 Å². The fourth-order valence-corrected chi connectivity index (χ4v) is 12.2. The molecule has 3 N–H and O–H groups in total. The molecule has 3 unspecified atom stereocenters. The topological polar surface area (TPSA) is 237 Å². The highest BCUT2D eigenvalue weighted by Crippen LogP contribution is 2.45. The molecule has 19 heteroatoms. The van der Waals surface area contributed by atoms with E-state index in [1.165, 1.54) is 148 Å². The van der Waals surface area contributed by atoms with Crippen LogP contribution in [0.2, 0.25) is 0 Å². The van der Waals surface area contributed by atoms with Crippen molar-refractivity contribution >= 4 is 39.5 Å². The molecule has 0 saturated heterocycles. The highest BCUT2D eigenvalue weighted by molar-refractivity contribution is 7.47. The molecule has 17 nitrogen and oxygen atoms in total. The van der Waals surface area contributed by atoms with E-state index in [4.69, 9.17) is 37.0 Å². The zero-order chi connectivity index (χ0) is 66.8. The number of aliphatic hydroxyl groups is 1. The van der Waals surface area contributed by atoms with Crippen LogP contribution in [0.15, 0.2) is 0 Å². The highest BCUT2D eigenvalue weighted by Gasteiger charge is 2.30. The average Bonchev–Trinajstić information content (AvgIpc) is 3.70. The molecule has 0 rings (SSSR count). The van der Waals surface area contributed by atoms with Crippen LogP contribution in [0.4, 0.5) is 0 Å². The maximum absolute atomic E-state index is 13.0. The fraction of sp³-hybridized carbons (Fsp3) is 0.944. The molecular formula is C71H138O17P2. The summed E-state index contributed by atoms with van der Waals surface area (Å²) in [7, 11) is -9.90. The Labute approximate surface area is 549 Å². The Kier molecular flexibility index (Phi) is 59.4. The Morgan fingerprint density at radius 3 is 0.689 bits per heavy atom. The molecule has 0 fully saturated rings. The molecule has 0 aromatic heterocycles. The minimum atomic E-state index is -4.95. The van der Waals surface area contributed by atoms with Gasteiger partial charge in [-0.1, -0.05) is 299 Å². The van der Waals surface area contributed by atoms with Crippen LogP contribution in [-0.2, 0) is 65.4 Å². The smallest absolute Gasteiger partial charge is 0.462 e. The molecule has 0 spiro atoms. The van der Waals surface area contributed by atoms with Gasteiger partial charge in [0, 0.05) is 25.7 Å². The number of hydrogen-bond donors (Lipinski definition) is 3. The molecule has 0 aromatic carbocycles. The normalized spacial score (nSPS) is 14.3. The summed E-state index contributed by atoms with van der Waals surface area (Å²) < 4.78 is 68.2. The molecule has 0 bridgehead atoms. The first kappa shape index (κ1) is 88.1. The van der Waals surface area contributed by atoms with Gasteiger partial charge in [-0.2, -0.15) is 0 Å². The second-order valence-electron chi connectivity index (χ2n) is 27.5. The van der Waals surface area contributed by atoms with Crippen LogP contribution in [-0.4, -0.2) is 96.7 Å². The van der Waals surface area contributed by atoms with Crippen molar-refractivity contribution in [3.63, 3.8) is 0 Å². The van der Waals surface area contributed by atoms with Gasteiger partial charge in [0.05, 0.1) is 26.4 Å². The van der Waals surface area contributed by atoms with Crippen molar-refractivity contribution in [2.24, 2.45) is 23.7 Å². The van der Waals surface area contributed by atoms with Gasteiger partial charge in [-0.3, -0.25) is 37.3 Å². The van der Waals surface area contributed by atoms with E-state index < -0.39 is 97.5 Å². The first-order valence-electron chi connectivity index (χ1n) is 36.7. The molecule has 90 heavy (non-hydrogen) atoms. The molecule has 0 saturated carbocycles. The Balaban J connectivity index is 5.18. The van der Waals surface area contributed by atoms with Gasteiger partial charge in [-0.15, -0.1) is 0 Å². The van der Waals surface area contributed by atoms with Crippen molar-refractivity contribution in [2.75, 3.05) is 39.6 Å². The first-order valence-corrected chi connectivity index (χ1v) is 39.7. The number of aliphatic hydroxyl groups excluding tert-OH is 1. The molecule has 0 aliphatic rings. The number of phosphoric ester groups is 2. The lowest BCUT2D eigenvalue weighted by Crippen LogP contribution is -2.30. The summed E-state index contributed by atoms with van der Waals surface area (Å²) >= 11 is 0. The van der Waals surface area contributed by atoms with Gasteiger partial charge >= 0.3 is 39.5 Å². The highest BCUT2D eigenvalue weighted by atomic mass is 31.2. The Morgan fingerprint density at radius 1 is 0.278 bits per heavy atom. The van der Waals surface area contributed by atoms with Crippen molar-refractivity contribution in [3.8, 4) is 0 Å². The predicted octanol–water partition coefficient (Wildman–Crippen LogP) is 20.1. The lowest BCUT2D eigenvalue weighted by Gasteiger charge is -2.21. The van der Waals surface area contributed by atoms with E-state index in [0.29, 0.717) is 37.5 Å². The van der Waals surface area contributed by atoms with Gasteiger partial charge in [-0.05, 0) is 49.4 Å². The molecule has 0 heterocycles. The standard InChI is InChI=1S/C71H138O17P2/c1-61(2)47-39-31-23-18-15-13-11-9-10-12-14-16-20-27-37-45-53-70(75)87-66(57-82-69(74)52-44-36-28-22-25-33-41-49-63(5)6)59-85-89(77,78)83-55-65(72)56-84-90(79,80)86-60-67(88-71(76)54-46-38-30-29-34-42-50-64(7)8)58-81-68(73)51-43-35-26-21-17-19-24-32-40-48-62(3)4/h61-67,72H,9-60H2,1-8H3,(H,77,78)(H,79,80)/t65?,66-,67-/m1/s1. The van der Waals surface area contributed by atoms with Crippen LogP contribution in [0.5, 0.6) is 0 Å². The summed E-state index contributed by atoms with van der Waals surface area (Å²) in [5.41, 5.74) is 0.